The maximum Gasteiger partial charge on any atom is 0.154 e. The molecule has 0 unspecified atom stereocenters. The van der Waals surface area contributed by atoms with Crippen molar-refractivity contribution in [1.82, 2.24) is 0 Å². The smallest absolute Gasteiger partial charge is 0.154 e. The quantitative estimate of drug-likeness (QED) is 0.324. The van der Waals surface area contributed by atoms with E-state index in [2.05, 4.69) is 0 Å². The summed E-state index contributed by atoms with van der Waals surface area (Å²) in [5.74, 6) is 0. The Hall–Kier alpha value is -0.191. The Morgan fingerprint density at radius 1 is 0.400 bits per heavy atom. The van der Waals surface area contributed by atoms with E-state index in [0.717, 1.165) is 0 Å². The Morgan fingerprint density at radius 2 is 0.400 bits per heavy atom. The predicted octanol–water partition coefficient (Wildman–Crippen LogP) is 5.46. The van der Waals surface area contributed by atoms with Gasteiger partial charge in [0, 0.05) is 17.1 Å². The van der Waals surface area contributed by atoms with E-state index in [-0.39, 0.29) is 29.4 Å². The minimum atomic E-state index is -3.08. The summed E-state index contributed by atoms with van der Waals surface area (Å²) < 4.78 is 86.2. The normalized spacial score (nSPS) is 7.20. The summed E-state index contributed by atoms with van der Waals surface area (Å²) >= 11 is 0. The van der Waals surface area contributed by atoms with Crippen molar-refractivity contribution in [3.63, 3.8) is 0 Å². The van der Waals surface area contributed by atoms with Crippen LogP contribution in [0.1, 0.15) is 0 Å². The van der Waals surface area contributed by atoms with E-state index in [1.807, 2.05) is 0 Å². The van der Waals surface area contributed by atoms with Crippen LogP contribution in [0.2, 0.25) is 0 Å². The summed E-state index contributed by atoms with van der Waals surface area (Å²) in [5.41, 5.74) is 0. The fourth-order valence-electron chi connectivity index (χ4n) is 0. The van der Waals surface area contributed by atoms with Gasteiger partial charge in [0.2, 0.25) is 0 Å². The molecule has 0 rings (SSSR count). The minimum Gasteiger partial charge on any atom is -0.693 e. The summed E-state index contributed by atoms with van der Waals surface area (Å²) in [6, 6.07) is 0. The molecule has 12 heteroatoms. The second-order valence-electron chi connectivity index (χ2n) is 0.643. The molecular formula is C3H4CuF9N2-5. The molecule has 0 bridgehead atoms. The summed E-state index contributed by atoms with van der Waals surface area (Å²) in [7, 11) is 0. The van der Waals surface area contributed by atoms with Gasteiger partial charge in [0.25, 0.3) is 0 Å². The van der Waals surface area contributed by atoms with Crippen LogP contribution in [0.15, 0.2) is 0 Å². The molecule has 0 aromatic heterocycles. The molecule has 0 aliphatic carbocycles. The topological polar surface area (TPSA) is 67.0 Å². The maximum absolute atomic E-state index is 9.58. The van der Waals surface area contributed by atoms with Gasteiger partial charge in [-0.05, 0) is 0 Å². The zero-order valence-corrected chi connectivity index (χ0v) is 7.30. The Bertz CT molecular complexity index is 51.8. The average molecular weight is 303 g/mol. The van der Waals surface area contributed by atoms with Gasteiger partial charge >= 0.3 is 0 Å². The predicted molar refractivity (Wildman–Crippen MR) is 30.3 cm³/mol. The monoisotopic (exact) mass is 302 g/mol. The third kappa shape index (κ3) is 53100. The summed E-state index contributed by atoms with van der Waals surface area (Å²) in [5, 5.41) is 0. The molecule has 0 aromatic rings. The Labute approximate surface area is 89.8 Å². The molecule has 0 amide bonds. The first-order valence-electron chi connectivity index (χ1n) is 1.70. The van der Waals surface area contributed by atoms with Crippen molar-refractivity contribution >= 4 is 0 Å². The Balaban J connectivity index is -0.0000000184. The first kappa shape index (κ1) is 36.4. The molecule has 0 aliphatic heterocycles. The molecule has 105 valence electrons. The van der Waals surface area contributed by atoms with Crippen LogP contribution in [-0.2, 0) is 17.1 Å². The van der Waals surface area contributed by atoms with Gasteiger partial charge < -0.3 is 51.8 Å². The van der Waals surface area contributed by atoms with Crippen molar-refractivity contribution in [2.45, 2.75) is 0 Å². The summed E-state index contributed by atoms with van der Waals surface area (Å²) in [6.07, 6.45) is 0. The van der Waals surface area contributed by atoms with E-state index < -0.39 is 20.0 Å². The molecule has 0 heterocycles. The number of halogens is 9. The van der Waals surface area contributed by atoms with Gasteiger partial charge in [-0.15, -0.1) is 0 Å². The molecule has 0 aromatic carbocycles. The molecule has 15 heavy (non-hydrogen) atoms. The second kappa shape index (κ2) is 29.2. The molecule has 2 nitrogen and oxygen atoms in total. The van der Waals surface area contributed by atoms with E-state index in [1.54, 1.807) is 0 Å². The fraction of sp³-hybridized carbons (Fsp3) is 0. The van der Waals surface area contributed by atoms with Crippen LogP contribution in [0.5, 0.6) is 0 Å². The first-order chi connectivity index (χ1) is 5.20. The van der Waals surface area contributed by atoms with E-state index >= 15 is 0 Å². The van der Waals surface area contributed by atoms with E-state index in [4.69, 9.17) is 0 Å². The van der Waals surface area contributed by atoms with Gasteiger partial charge in [-0.1, -0.05) is 0 Å². The second-order valence-corrected chi connectivity index (χ2v) is 0.643. The van der Waals surface area contributed by atoms with Crippen LogP contribution in [0.3, 0.4) is 0 Å². The molecule has 0 spiro atoms. The van der Waals surface area contributed by atoms with Crippen molar-refractivity contribution in [3.05, 3.63) is 32.3 Å². The van der Waals surface area contributed by atoms with Crippen LogP contribution in [-0.4, -0.2) is 0 Å². The molecule has 0 atom stereocenters. The number of hydrogen-bond donors (Lipinski definition) is 0. The first-order valence-corrected chi connectivity index (χ1v) is 1.70. The van der Waals surface area contributed by atoms with Crippen LogP contribution >= 0.6 is 0 Å². The largest absolute Gasteiger partial charge is 0.693 e. The summed E-state index contributed by atoms with van der Waals surface area (Å²) in [6.45, 7) is -9.25. The molecule has 0 saturated heterocycles. The van der Waals surface area contributed by atoms with Crippen LogP contribution < -0.4 is 0 Å². The Morgan fingerprint density at radius 3 is 0.400 bits per heavy atom. The molecule has 0 aliphatic rings. The third-order valence-electron chi connectivity index (χ3n) is 0. The van der Waals surface area contributed by atoms with Gasteiger partial charge in [0.1, 0.15) is 0 Å². The van der Waals surface area contributed by atoms with Gasteiger partial charge in [-0.25, -0.2) is 0 Å². The fourth-order valence-corrected chi connectivity index (χ4v) is 0. The molecule has 0 fully saturated rings. The van der Waals surface area contributed by atoms with Gasteiger partial charge in [0.05, 0.1) is 0 Å². The number of hydrogen-bond acceptors (Lipinski definition) is 0. The maximum atomic E-state index is 9.58. The van der Waals surface area contributed by atoms with E-state index in [9.17, 15) is 39.5 Å². The Kier molecular flexibility index (Phi) is 70.8. The third-order valence-corrected chi connectivity index (χ3v) is 0. The van der Waals surface area contributed by atoms with Crippen LogP contribution in [0, 0.1) is 20.0 Å². The van der Waals surface area contributed by atoms with Crippen molar-refractivity contribution in [2.75, 3.05) is 0 Å². The number of nitrogens with two attached hydrogens (primary N) is 2. The molecule has 0 saturated carbocycles. The zero-order valence-electron chi connectivity index (χ0n) is 6.36. The minimum absolute atomic E-state index is 0. The molecule has 1 radical (unpaired) electrons. The van der Waals surface area contributed by atoms with Crippen LogP contribution in [0.25, 0.3) is 12.3 Å². The van der Waals surface area contributed by atoms with Crippen molar-refractivity contribution in [1.29, 1.82) is 0 Å². The molecular weight excluding hydrogens is 299 g/mol. The average Bonchev–Trinajstić information content (AvgIpc) is 1.54. The van der Waals surface area contributed by atoms with Gasteiger partial charge in [0.15, 0.2) is 20.0 Å². The van der Waals surface area contributed by atoms with Gasteiger partial charge in [-0.2, -0.15) is 0 Å². The molecule has 4 N–H and O–H groups in total. The van der Waals surface area contributed by atoms with Gasteiger partial charge in [-0.3, -0.25) is 0 Å². The van der Waals surface area contributed by atoms with Crippen LogP contribution in [0.4, 0.5) is 39.5 Å². The van der Waals surface area contributed by atoms with E-state index in [0.29, 0.717) is 0 Å². The summed E-state index contributed by atoms with van der Waals surface area (Å²) in [4.78, 5) is 0. The van der Waals surface area contributed by atoms with Crippen molar-refractivity contribution in [2.24, 2.45) is 0 Å². The zero-order chi connectivity index (χ0) is 10.7. The van der Waals surface area contributed by atoms with E-state index in [1.165, 1.54) is 0 Å². The van der Waals surface area contributed by atoms with Crippen molar-refractivity contribution < 1.29 is 56.6 Å². The number of rotatable bonds is 0. The SMILES string of the molecule is F[C-](F)F.F[C-](F)F.F[C-](F)F.[Cu].[NH2-].[NH2-]. The standard InChI is InChI=1S/3CF3.Cu.2H2N/c3*2-1(3)4;;;/h;;;;2*1H2/q3*-1;;2*-1. The van der Waals surface area contributed by atoms with Crippen molar-refractivity contribution in [3.8, 4) is 0 Å².